The predicted molar refractivity (Wildman–Crippen MR) is 107 cm³/mol. The molecule has 1 saturated carbocycles. The van der Waals surface area contributed by atoms with Gasteiger partial charge in [0.1, 0.15) is 11.5 Å². The molecule has 6 heteroatoms. The summed E-state index contributed by atoms with van der Waals surface area (Å²) in [4.78, 5) is 11.8. The van der Waals surface area contributed by atoms with Gasteiger partial charge in [-0.15, -0.1) is 0 Å². The number of halogens is 1. The number of fused-ring (bicyclic) bond motifs is 1. The average molecular weight is 373 g/mol. The van der Waals surface area contributed by atoms with Crippen LogP contribution in [-0.2, 0) is 6.61 Å². The highest BCUT2D eigenvalue weighted by Gasteiger charge is 2.25. The number of H-pyrrole nitrogens is 1. The molecule has 1 aliphatic carbocycles. The summed E-state index contributed by atoms with van der Waals surface area (Å²) < 4.78 is 14.2. The second-order valence-electron chi connectivity index (χ2n) is 6.99. The zero-order valence-corrected chi connectivity index (χ0v) is 15.0. The van der Waals surface area contributed by atoms with Crippen molar-refractivity contribution in [2.75, 3.05) is 5.73 Å². The molecule has 0 atom stereocenters. The van der Waals surface area contributed by atoms with Crippen LogP contribution in [0.1, 0.15) is 24.0 Å². The van der Waals surface area contributed by atoms with Crippen LogP contribution in [0.4, 0.5) is 10.3 Å². The number of hydrogen-bond donors (Lipinski definition) is 3. The van der Waals surface area contributed by atoms with Crippen molar-refractivity contribution in [3.8, 4) is 22.5 Å². The maximum absolute atomic E-state index is 14.2. The minimum absolute atomic E-state index is 0.105. The molecule has 0 bridgehead atoms. The van der Waals surface area contributed by atoms with Crippen molar-refractivity contribution in [1.82, 2.24) is 15.0 Å². The number of benzene rings is 2. The fraction of sp³-hybridized carbons (Fsp3) is 0.136. The standard InChI is InChI=1S/C22H18FN4O/c23-18-4-2-1-3-16(18)19-10-17-20(26-22(24)27-21(17)25-19)15-8-7-13(12-5-6-12)9-14(15)11-28/h1-4,7-10,28H,5-6,11H2,(H3,24,25,26,27). The van der Waals surface area contributed by atoms with E-state index in [1.807, 2.05) is 24.3 Å². The van der Waals surface area contributed by atoms with Gasteiger partial charge in [0.25, 0.3) is 0 Å². The SMILES string of the molecule is Nc1nc(-c2ccc([C]3CC3)cc2CO)c2cc(-c3ccccc3F)[nH]c2n1. The number of nitrogens with one attached hydrogen (secondary N) is 1. The summed E-state index contributed by atoms with van der Waals surface area (Å²) in [5.74, 6) is 1.20. The van der Waals surface area contributed by atoms with Crippen LogP contribution in [0.5, 0.6) is 0 Å². The molecule has 0 spiro atoms. The lowest BCUT2D eigenvalue weighted by Crippen LogP contribution is -2.00. The number of nitrogens with two attached hydrogens (primary N) is 1. The molecule has 0 aliphatic heterocycles. The fourth-order valence-electron chi connectivity index (χ4n) is 3.58. The molecule has 2 heterocycles. The van der Waals surface area contributed by atoms with E-state index in [4.69, 9.17) is 5.73 Å². The number of aliphatic hydroxyl groups is 1. The largest absolute Gasteiger partial charge is 0.392 e. The van der Waals surface area contributed by atoms with Gasteiger partial charge in [0.05, 0.1) is 18.0 Å². The quantitative estimate of drug-likeness (QED) is 0.500. The lowest BCUT2D eigenvalue weighted by Gasteiger charge is -2.10. The van der Waals surface area contributed by atoms with E-state index in [9.17, 15) is 9.50 Å². The number of hydrogen-bond acceptors (Lipinski definition) is 4. The number of anilines is 1. The zero-order valence-electron chi connectivity index (χ0n) is 15.0. The smallest absolute Gasteiger partial charge is 0.222 e. The zero-order chi connectivity index (χ0) is 19.3. The molecule has 28 heavy (non-hydrogen) atoms. The van der Waals surface area contributed by atoms with Crippen LogP contribution in [0.3, 0.4) is 0 Å². The summed E-state index contributed by atoms with van der Waals surface area (Å²) in [5, 5.41) is 10.7. The normalized spacial score (nSPS) is 13.9. The number of aromatic nitrogens is 3. The van der Waals surface area contributed by atoms with E-state index in [0.717, 1.165) is 34.9 Å². The molecule has 4 aromatic rings. The molecule has 1 aliphatic rings. The lowest BCUT2D eigenvalue weighted by atomic mass is 9.98. The Hall–Kier alpha value is -3.25. The lowest BCUT2D eigenvalue weighted by molar-refractivity contribution is 0.282. The van der Waals surface area contributed by atoms with Gasteiger partial charge in [0.15, 0.2) is 0 Å². The van der Waals surface area contributed by atoms with Gasteiger partial charge in [-0.1, -0.05) is 30.3 Å². The highest BCUT2D eigenvalue weighted by Crippen LogP contribution is 2.41. The van der Waals surface area contributed by atoms with Gasteiger partial charge in [-0.25, -0.2) is 9.37 Å². The molecular formula is C22H18FN4O. The summed E-state index contributed by atoms with van der Waals surface area (Å²) in [6.45, 7) is -0.105. The van der Waals surface area contributed by atoms with E-state index in [1.54, 1.807) is 18.2 Å². The van der Waals surface area contributed by atoms with Crippen molar-refractivity contribution >= 4 is 17.0 Å². The van der Waals surface area contributed by atoms with Crippen LogP contribution in [0.15, 0.2) is 48.5 Å². The maximum Gasteiger partial charge on any atom is 0.222 e. The molecule has 1 fully saturated rings. The molecule has 4 N–H and O–H groups in total. The third kappa shape index (κ3) is 2.82. The molecule has 2 aromatic heterocycles. The molecule has 5 nitrogen and oxygen atoms in total. The van der Waals surface area contributed by atoms with Crippen molar-refractivity contribution in [3.63, 3.8) is 0 Å². The third-order valence-corrected chi connectivity index (χ3v) is 5.11. The summed E-state index contributed by atoms with van der Waals surface area (Å²) >= 11 is 0. The first-order chi connectivity index (χ1) is 13.6. The molecule has 5 rings (SSSR count). The van der Waals surface area contributed by atoms with Crippen LogP contribution < -0.4 is 5.73 Å². The molecule has 0 saturated heterocycles. The Morgan fingerprint density at radius 2 is 1.86 bits per heavy atom. The van der Waals surface area contributed by atoms with Gasteiger partial charge >= 0.3 is 0 Å². The second kappa shape index (κ2) is 6.42. The van der Waals surface area contributed by atoms with Crippen LogP contribution in [0.25, 0.3) is 33.5 Å². The number of aromatic amines is 1. The Morgan fingerprint density at radius 1 is 1.04 bits per heavy atom. The van der Waals surface area contributed by atoms with Crippen LogP contribution >= 0.6 is 0 Å². The van der Waals surface area contributed by atoms with Gasteiger partial charge in [0.2, 0.25) is 5.95 Å². The van der Waals surface area contributed by atoms with Crippen LogP contribution in [0, 0.1) is 11.7 Å². The monoisotopic (exact) mass is 373 g/mol. The summed E-state index contributed by atoms with van der Waals surface area (Å²) in [6, 6.07) is 14.4. The molecule has 0 amide bonds. The Morgan fingerprint density at radius 3 is 2.61 bits per heavy atom. The number of rotatable bonds is 4. The van der Waals surface area contributed by atoms with E-state index in [2.05, 4.69) is 15.0 Å². The van der Waals surface area contributed by atoms with Gasteiger partial charge in [-0.2, -0.15) is 4.98 Å². The maximum atomic E-state index is 14.2. The fourth-order valence-corrected chi connectivity index (χ4v) is 3.58. The topological polar surface area (TPSA) is 87.8 Å². The Kier molecular flexibility index (Phi) is 3.87. The first-order valence-corrected chi connectivity index (χ1v) is 9.14. The first kappa shape index (κ1) is 16.9. The molecule has 0 unspecified atom stereocenters. The molecular weight excluding hydrogens is 355 g/mol. The predicted octanol–water partition coefficient (Wildman–Crippen LogP) is 4.22. The first-order valence-electron chi connectivity index (χ1n) is 9.14. The number of aliphatic hydroxyl groups excluding tert-OH is 1. The van der Waals surface area contributed by atoms with E-state index < -0.39 is 0 Å². The van der Waals surface area contributed by atoms with Gasteiger partial charge in [-0.05, 0) is 42.2 Å². The van der Waals surface area contributed by atoms with Crippen molar-refractivity contribution in [3.05, 3.63) is 71.4 Å². The summed E-state index contributed by atoms with van der Waals surface area (Å²) in [6.07, 6.45) is 2.22. The van der Waals surface area contributed by atoms with Crippen molar-refractivity contribution in [1.29, 1.82) is 0 Å². The third-order valence-electron chi connectivity index (χ3n) is 5.11. The molecule has 1 radical (unpaired) electrons. The van der Waals surface area contributed by atoms with Crippen molar-refractivity contribution < 1.29 is 9.50 Å². The molecule has 2 aromatic carbocycles. The van der Waals surface area contributed by atoms with E-state index in [1.165, 1.54) is 12.0 Å². The highest BCUT2D eigenvalue weighted by atomic mass is 19.1. The van der Waals surface area contributed by atoms with E-state index in [0.29, 0.717) is 22.6 Å². The summed E-state index contributed by atoms with van der Waals surface area (Å²) in [5.41, 5.74) is 10.9. The second-order valence-corrected chi connectivity index (χ2v) is 6.99. The van der Waals surface area contributed by atoms with Gasteiger partial charge in [0, 0.05) is 22.4 Å². The number of nitrogen functional groups attached to an aromatic ring is 1. The van der Waals surface area contributed by atoms with Crippen LogP contribution in [0.2, 0.25) is 0 Å². The van der Waals surface area contributed by atoms with Crippen LogP contribution in [-0.4, -0.2) is 20.1 Å². The summed E-state index contributed by atoms with van der Waals surface area (Å²) in [7, 11) is 0. The van der Waals surface area contributed by atoms with Crippen molar-refractivity contribution in [2.24, 2.45) is 0 Å². The van der Waals surface area contributed by atoms with E-state index in [-0.39, 0.29) is 18.4 Å². The minimum atomic E-state index is -0.321. The van der Waals surface area contributed by atoms with Crippen molar-refractivity contribution in [2.45, 2.75) is 19.4 Å². The molecule has 139 valence electrons. The Balaban J connectivity index is 1.70. The van der Waals surface area contributed by atoms with E-state index >= 15 is 0 Å². The minimum Gasteiger partial charge on any atom is -0.392 e. The van der Waals surface area contributed by atoms with Gasteiger partial charge in [-0.3, -0.25) is 0 Å². The highest BCUT2D eigenvalue weighted by molar-refractivity contribution is 5.95. The average Bonchev–Trinajstić information content (AvgIpc) is 3.47. The number of nitrogens with zero attached hydrogens (tertiary/aromatic N) is 2. The Bertz CT molecular complexity index is 1200. The Labute approximate surface area is 161 Å². The van der Waals surface area contributed by atoms with Gasteiger partial charge < -0.3 is 15.8 Å².